The normalized spacial score (nSPS) is 14.0. The summed E-state index contributed by atoms with van der Waals surface area (Å²) < 4.78 is 11.0. The summed E-state index contributed by atoms with van der Waals surface area (Å²) >= 11 is 11.4. The molecule has 140 valence electrons. The highest BCUT2D eigenvalue weighted by Crippen LogP contribution is 2.29. The Morgan fingerprint density at radius 2 is 2.04 bits per heavy atom. The second kappa shape index (κ2) is 9.21. The van der Waals surface area contributed by atoms with Crippen LogP contribution in [0.1, 0.15) is 30.0 Å². The molecule has 0 aromatic heterocycles. The predicted molar refractivity (Wildman–Crippen MR) is 109 cm³/mol. The number of hydroxylamine groups is 2. The number of rotatable bonds is 5. The molecule has 1 aromatic rings. The summed E-state index contributed by atoms with van der Waals surface area (Å²) in [6, 6.07) is 4.18. The third kappa shape index (κ3) is 4.67. The molecular formula is C20H24ClNO3S. The summed E-state index contributed by atoms with van der Waals surface area (Å²) in [6.07, 6.45) is 7.13. The van der Waals surface area contributed by atoms with Crippen LogP contribution < -0.4 is 4.74 Å². The minimum atomic E-state index is -0.0561. The van der Waals surface area contributed by atoms with E-state index in [-0.39, 0.29) is 11.8 Å². The first-order valence-electron chi connectivity index (χ1n) is 8.44. The van der Waals surface area contributed by atoms with Crippen molar-refractivity contribution in [2.45, 2.75) is 33.6 Å². The highest BCUT2D eigenvalue weighted by atomic mass is 35.5. The molecule has 1 aliphatic rings. The van der Waals surface area contributed by atoms with Gasteiger partial charge in [-0.2, -0.15) is 5.06 Å². The van der Waals surface area contributed by atoms with Gasteiger partial charge in [0.05, 0.1) is 12.8 Å². The largest absolute Gasteiger partial charge is 0.488 e. The van der Waals surface area contributed by atoms with E-state index in [1.54, 1.807) is 6.08 Å². The summed E-state index contributed by atoms with van der Waals surface area (Å²) in [6.45, 7) is 6.43. The molecule has 4 nitrogen and oxygen atoms in total. The molecule has 0 fully saturated rings. The lowest BCUT2D eigenvalue weighted by atomic mass is 10.0. The molecule has 0 amide bonds. The maximum absolute atomic E-state index is 10.3. The first-order chi connectivity index (χ1) is 12.4. The van der Waals surface area contributed by atoms with Crippen molar-refractivity contribution in [1.82, 2.24) is 5.06 Å². The van der Waals surface area contributed by atoms with Gasteiger partial charge < -0.3 is 9.47 Å². The second-order valence-electron chi connectivity index (χ2n) is 6.02. The zero-order valence-corrected chi connectivity index (χ0v) is 17.1. The standard InChI is InChI=1S/C20H24ClNO3S/c1-5-15-10-14(3)19(11-13(15)2)25-12-16-17(21)8-6-7-9-18(16)22(23)20(26)24-4/h6,8-11,23H,5,7,12H2,1-4H3. The lowest BCUT2D eigenvalue weighted by Crippen LogP contribution is -2.28. The maximum atomic E-state index is 10.3. The number of nitrogens with zero attached hydrogens (tertiary/aromatic N) is 1. The molecule has 0 spiro atoms. The number of hydrogen-bond acceptors (Lipinski definition) is 4. The third-order valence-electron chi connectivity index (χ3n) is 4.27. The minimum absolute atomic E-state index is 0.0561. The monoisotopic (exact) mass is 393 g/mol. The van der Waals surface area contributed by atoms with Crippen LogP contribution in [0, 0.1) is 13.8 Å². The Hall–Kier alpha value is -1.82. The molecule has 0 aliphatic heterocycles. The highest BCUT2D eigenvalue weighted by molar-refractivity contribution is 7.80. The van der Waals surface area contributed by atoms with Gasteiger partial charge in [-0.05, 0) is 67.7 Å². The number of methoxy groups -OCH3 is 1. The van der Waals surface area contributed by atoms with E-state index in [9.17, 15) is 5.21 Å². The molecule has 0 radical (unpaired) electrons. The minimum Gasteiger partial charge on any atom is -0.488 e. The second-order valence-corrected chi connectivity index (χ2v) is 6.78. The van der Waals surface area contributed by atoms with Gasteiger partial charge in [0.1, 0.15) is 12.4 Å². The maximum Gasteiger partial charge on any atom is 0.288 e. The topological polar surface area (TPSA) is 41.9 Å². The van der Waals surface area contributed by atoms with Crippen molar-refractivity contribution in [3.63, 3.8) is 0 Å². The Kier molecular flexibility index (Phi) is 7.26. The average Bonchev–Trinajstić information content (AvgIpc) is 2.82. The summed E-state index contributed by atoms with van der Waals surface area (Å²) in [5.74, 6) is 0.794. The Balaban J connectivity index is 2.29. The van der Waals surface area contributed by atoms with Gasteiger partial charge in [0.2, 0.25) is 0 Å². The van der Waals surface area contributed by atoms with Crippen LogP contribution in [0.3, 0.4) is 0 Å². The summed E-state index contributed by atoms with van der Waals surface area (Å²) in [7, 11) is 1.41. The number of allylic oxidation sites excluding steroid dienone is 4. The van der Waals surface area contributed by atoms with Crippen LogP contribution in [0.15, 0.2) is 46.7 Å². The molecule has 0 saturated heterocycles. The average molecular weight is 394 g/mol. The van der Waals surface area contributed by atoms with Crippen molar-refractivity contribution in [3.05, 3.63) is 63.4 Å². The summed E-state index contributed by atoms with van der Waals surface area (Å²) in [5, 5.41) is 11.6. The number of ether oxygens (including phenoxy) is 2. The Morgan fingerprint density at radius 1 is 1.31 bits per heavy atom. The van der Waals surface area contributed by atoms with E-state index in [1.807, 2.05) is 25.1 Å². The Labute approximate surface area is 165 Å². The lowest BCUT2D eigenvalue weighted by Gasteiger charge is -2.22. The lowest BCUT2D eigenvalue weighted by molar-refractivity contribution is 0.00358. The molecule has 0 saturated carbocycles. The Bertz CT molecular complexity index is 784. The first kappa shape index (κ1) is 20.5. The molecule has 0 heterocycles. The van der Waals surface area contributed by atoms with E-state index < -0.39 is 0 Å². The van der Waals surface area contributed by atoms with Crippen LogP contribution in [-0.4, -0.2) is 29.2 Å². The molecule has 26 heavy (non-hydrogen) atoms. The number of halogens is 1. The van der Waals surface area contributed by atoms with Crippen LogP contribution >= 0.6 is 23.8 Å². The van der Waals surface area contributed by atoms with Crippen LogP contribution in [0.4, 0.5) is 0 Å². The van der Waals surface area contributed by atoms with E-state index >= 15 is 0 Å². The number of aryl methyl sites for hydroxylation is 3. The van der Waals surface area contributed by atoms with Crippen LogP contribution in [-0.2, 0) is 11.2 Å². The van der Waals surface area contributed by atoms with E-state index in [4.69, 9.17) is 33.3 Å². The SMILES string of the molecule is CCc1cc(C)c(OCC2=C(Cl)C=CCC=C2N(O)C(=S)OC)cc1C. The zero-order chi connectivity index (χ0) is 19.3. The van der Waals surface area contributed by atoms with Gasteiger partial charge >= 0.3 is 0 Å². The fraction of sp³-hybridized carbons (Fsp3) is 0.350. The molecule has 0 unspecified atom stereocenters. The Morgan fingerprint density at radius 3 is 2.69 bits per heavy atom. The quantitative estimate of drug-likeness (QED) is 0.549. The van der Waals surface area contributed by atoms with Gasteiger partial charge in [0, 0.05) is 10.6 Å². The van der Waals surface area contributed by atoms with E-state index in [0.29, 0.717) is 22.7 Å². The van der Waals surface area contributed by atoms with Crippen LogP contribution in [0.25, 0.3) is 0 Å². The van der Waals surface area contributed by atoms with E-state index in [1.165, 1.54) is 18.2 Å². The van der Waals surface area contributed by atoms with Gasteiger partial charge in [-0.25, -0.2) is 0 Å². The fourth-order valence-corrected chi connectivity index (χ4v) is 3.11. The van der Waals surface area contributed by atoms with Gasteiger partial charge in [0.25, 0.3) is 5.17 Å². The van der Waals surface area contributed by atoms with Crippen molar-refractivity contribution in [1.29, 1.82) is 0 Å². The summed E-state index contributed by atoms with van der Waals surface area (Å²) in [5.41, 5.74) is 4.66. The predicted octanol–water partition coefficient (Wildman–Crippen LogP) is 5.20. The smallest absolute Gasteiger partial charge is 0.288 e. The molecule has 0 atom stereocenters. The van der Waals surface area contributed by atoms with E-state index in [0.717, 1.165) is 22.8 Å². The molecule has 6 heteroatoms. The van der Waals surface area contributed by atoms with Crippen LogP contribution in [0.5, 0.6) is 5.75 Å². The van der Waals surface area contributed by atoms with E-state index in [2.05, 4.69) is 19.9 Å². The first-order valence-corrected chi connectivity index (χ1v) is 9.23. The number of benzene rings is 1. The van der Waals surface area contributed by atoms with Crippen molar-refractivity contribution in [2.24, 2.45) is 0 Å². The van der Waals surface area contributed by atoms with Crippen molar-refractivity contribution in [3.8, 4) is 5.75 Å². The zero-order valence-electron chi connectivity index (χ0n) is 15.5. The van der Waals surface area contributed by atoms with Crippen molar-refractivity contribution in [2.75, 3.05) is 13.7 Å². The molecule has 1 N–H and O–H groups in total. The molecule has 1 aliphatic carbocycles. The number of hydrogen-bond donors (Lipinski definition) is 1. The molecule has 2 rings (SSSR count). The van der Waals surface area contributed by atoms with Gasteiger partial charge in [-0.1, -0.05) is 36.7 Å². The third-order valence-corrected chi connectivity index (χ3v) is 4.96. The van der Waals surface area contributed by atoms with Crippen molar-refractivity contribution < 1.29 is 14.7 Å². The highest BCUT2D eigenvalue weighted by Gasteiger charge is 2.21. The number of thiocarbonyl (C=S) groups is 1. The molecular weight excluding hydrogens is 370 g/mol. The molecule has 1 aromatic carbocycles. The van der Waals surface area contributed by atoms with Crippen molar-refractivity contribution >= 4 is 29.0 Å². The van der Waals surface area contributed by atoms with Gasteiger partial charge in [-0.15, -0.1) is 0 Å². The molecule has 0 bridgehead atoms. The fourth-order valence-electron chi connectivity index (χ4n) is 2.78. The summed E-state index contributed by atoms with van der Waals surface area (Å²) in [4.78, 5) is 0. The van der Waals surface area contributed by atoms with Gasteiger partial charge in [0.15, 0.2) is 0 Å². The van der Waals surface area contributed by atoms with Crippen LogP contribution in [0.2, 0.25) is 0 Å². The van der Waals surface area contributed by atoms with Gasteiger partial charge in [-0.3, -0.25) is 5.21 Å².